The van der Waals surface area contributed by atoms with Crippen molar-refractivity contribution >= 4 is 11.6 Å². The summed E-state index contributed by atoms with van der Waals surface area (Å²) in [6, 6.07) is 12.7. The van der Waals surface area contributed by atoms with Gasteiger partial charge in [-0.15, -0.1) is 0 Å². The van der Waals surface area contributed by atoms with Crippen LogP contribution in [0.25, 0.3) is 5.82 Å². The van der Waals surface area contributed by atoms with Crippen LogP contribution >= 0.6 is 11.6 Å². The highest BCUT2D eigenvalue weighted by atomic mass is 35.5. The molecule has 1 aliphatic carbocycles. The first-order valence-electron chi connectivity index (χ1n) is 8.65. The van der Waals surface area contributed by atoms with Crippen LogP contribution in [0.2, 0.25) is 5.02 Å². The van der Waals surface area contributed by atoms with Crippen LogP contribution in [0.3, 0.4) is 0 Å². The van der Waals surface area contributed by atoms with Crippen LogP contribution in [0.4, 0.5) is 0 Å². The van der Waals surface area contributed by atoms with Crippen molar-refractivity contribution in [1.29, 1.82) is 0 Å². The minimum atomic E-state index is 0.382. The SMILES string of the molecule is Cc1nccn1-c1ccc(CNC(c2ccc(Cl)cc2)C2CC2)cn1. The van der Waals surface area contributed by atoms with Gasteiger partial charge in [0.2, 0.25) is 0 Å². The summed E-state index contributed by atoms with van der Waals surface area (Å²) >= 11 is 6.02. The molecular formula is C20H21ClN4. The molecule has 3 aromatic rings. The number of benzene rings is 1. The van der Waals surface area contributed by atoms with Crippen LogP contribution in [0.1, 0.15) is 35.8 Å². The van der Waals surface area contributed by atoms with Crippen molar-refractivity contribution in [3.05, 3.63) is 77.0 Å². The number of aryl methyl sites for hydroxylation is 1. The normalized spacial score (nSPS) is 15.3. The quantitative estimate of drug-likeness (QED) is 0.711. The molecule has 4 rings (SSSR count). The number of rotatable bonds is 6. The van der Waals surface area contributed by atoms with Crippen molar-refractivity contribution in [2.24, 2.45) is 5.92 Å². The molecule has 0 bridgehead atoms. The lowest BCUT2D eigenvalue weighted by Gasteiger charge is -2.19. The largest absolute Gasteiger partial charge is 0.306 e. The van der Waals surface area contributed by atoms with Gasteiger partial charge in [-0.3, -0.25) is 4.57 Å². The molecular weight excluding hydrogens is 332 g/mol. The van der Waals surface area contributed by atoms with Crippen molar-refractivity contribution in [2.45, 2.75) is 32.4 Å². The number of hydrogen-bond acceptors (Lipinski definition) is 3. The summed E-state index contributed by atoms with van der Waals surface area (Å²) in [7, 11) is 0. The molecule has 0 spiro atoms. The van der Waals surface area contributed by atoms with Crippen molar-refractivity contribution in [3.63, 3.8) is 0 Å². The summed E-state index contributed by atoms with van der Waals surface area (Å²) in [5.41, 5.74) is 2.49. The Morgan fingerprint density at radius 1 is 1.16 bits per heavy atom. The molecule has 4 nitrogen and oxygen atoms in total. The number of pyridine rings is 1. The van der Waals surface area contributed by atoms with Gasteiger partial charge < -0.3 is 5.32 Å². The van der Waals surface area contributed by atoms with Crippen LogP contribution in [0.15, 0.2) is 55.0 Å². The van der Waals surface area contributed by atoms with E-state index in [4.69, 9.17) is 11.6 Å². The van der Waals surface area contributed by atoms with Crippen molar-refractivity contribution in [1.82, 2.24) is 19.9 Å². The van der Waals surface area contributed by atoms with E-state index in [1.807, 2.05) is 42.1 Å². The molecule has 2 heterocycles. The smallest absolute Gasteiger partial charge is 0.137 e. The fraction of sp³-hybridized carbons (Fsp3) is 0.300. The summed E-state index contributed by atoms with van der Waals surface area (Å²) in [6.07, 6.45) is 8.24. The van der Waals surface area contributed by atoms with E-state index in [0.717, 1.165) is 29.1 Å². The fourth-order valence-corrected chi connectivity index (χ4v) is 3.29. The van der Waals surface area contributed by atoms with Gasteiger partial charge in [0.1, 0.15) is 11.6 Å². The first-order valence-corrected chi connectivity index (χ1v) is 9.02. The minimum Gasteiger partial charge on any atom is -0.306 e. The minimum absolute atomic E-state index is 0.382. The molecule has 1 aromatic carbocycles. The topological polar surface area (TPSA) is 42.7 Å². The van der Waals surface area contributed by atoms with Gasteiger partial charge in [-0.05, 0) is 55.0 Å². The third kappa shape index (κ3) is 3.75. The maximum absolute atomic E-state index is 6.02. The number of aromatic nitrogens is 3. The second-order valence-corrected chi connectivity index (χ2v) is 7.05. The molecule has 25 heavy (non-hydrogen) atoms. The van der Waals surface area contributed by atoms with E-state index in [1.54, 1.807) is 6.20 Å². The number of hydrogen-bond donors (Lipinski definition) is 1. The van der Waals surface area contributed by atoms with Crippen LogP contribution in [-0.2, 0) is 6.54 Å². The van der Waals surface area contributed by atoms with Gasteiger partial charge in [-0.1, -0.05) is 29.8 Å². The maximum Gasteiger partial charge on any atom is 0.137 e. The molecule has 0 aliphatic heterocycles. The summed E-state index contributed by atoms with van der Waals surface area (Å²) in [5, 5.41) is 4.48. The Labute approximate surface area is 152 Å². The molecule has 1 saturated carbocycles. The molecule has 0 radical (unpaired) electrons. The van der Waals surface area contributed by atoms with E-state index in [1.165, 1.54) is 24.0 Å². The Balaban J connectivity index is 1.44. The number of imidazole rings is 1. The first kappa shape index (κ1) is 16.3. The Morgan fingerprint density at radius 3 is 2.56 bits per heavy atom. The Hall–Kier alpha value is -2.17. The van der Waals surface area contributed by atoms with Gasteiger partial charge in [0.05, 0.1) is 0 Å². The predicted octanol–water partition coefficient (Wildman–Crippen LogP) is 4.47. The van der Waals surface area contributed by atoms with Gasteiger partial charge in [0, 0.05) is 36.2 Å². The molecule has 0 saturated heterocycles. The monoisotopic (exact) mass is 352 g/mol. The van der Waals surface area contributed by atoms with Crippen LogP contribution in [0.5, 0.6) is 0 Å². The van der Waals surface area contributed by atoms with Crippen molar-refractivity contribution in [2.75, 3.05) is 0 Å². The molecule has 128 valence electrons. The molecule has 1 unspecified atom stereocenters. The van der Waals surface area contributed by atoms with Gasteiger partial charge >= 0.3 is 0 Å². The van der Waals surface area contributed by atoms with Gasteiger partial charge in [-0.2, -0.15) is 0 Å². The van der Waals surface area contributed by atoms with E-state index in [-0.39, 0.29) is 0 Å². The van der Waals surface area contributed by atoms with Crippen LogP contribution < -0.4 is 5.32 Å². The van der Waals surface area contributed by atoms with Crippen LogP contribution in [0, 0.1) is 12.8 Å². The summed E-state index contributed by atoms with van der Waals surface area (Å²) in [4.78, 5) is 8.81. The third-order valence-electron chi connectivity index (χ3n) is 4.73. The van der Waals surface area contributed by atoms with Crippen molar-refractivity contribution < 1.29 is 0 Å². The van der Waals surface area contributed by atoms with E-state index in [2.05, 4.69) is 33.5 Å². The molecule has 1 atom stereocenters. The lowest BCUT2D eigenvalue weighted by molar-refractivity contribution is 0.480. The molecule has 2 aromatic heterocycles. The lowest BCUT2D eigenvalue weighted by atomic mass is 10.0. The zero-order chi connectivity index (χ0) is 17.2. The molecule has 1 fully saturated rings. The van der Waals surface area contributed by atoms with Crippen LogP contribution in [-0.4, -0.2) is 14.5 Å². The average molecular weight is 353 g/mol. The van der Waals surface area contributed by atoms with E-state index in [9.17, 15) is 0 Å². The number of halogens is 1. The van der Waals surface area contributed by atoms with Crippen molar-refractivity contribution in [3.8, 4) is 5.82 Å². The fourth-order valence-electron chi connectivity index (χ4n) is 3.17. The van der Waals surface area contributed by atoms with Gasteiger partial charge in [-0.25, -0.2) is 9.97 Å². The summed E-state index contributed by atoms with van der Waals surface area (Å²) in [6.45, 7) is 2.78. The first-order chi connectivity index (χ1) is 12.2. The molecule has 1 aliphatic rings. The third-order valence-corrected chi connectivity index (χ3v) is 4.98. The highest BCUT2D eigenvalue weighted by Gasteiger charge is 2.31. The number of nitrogens with one attached hydrogen (secondary N) is 1. The highest BCUT2D eigenvalue weighted by Crippen LogP contribution is 2.41. The lowest BCUT2D eigenvalue weighted by Crippen LogP contribution is -2.22. The maximum atomic E-state index is 6.02. The Bertz CT molecular complexity index is 835. The number of nitrogens with zero attached hydrogens (tertiary/aromatic N) is 3. The standard InChI is InChI=1S/C20H21ClN4/c1-14-22-10-11-25(14)19-9-2-15(12-23-19)13-24-20(16-3-4-16)17-5-7-18(21)8-6-17/h2,5-12,16,20,24H,3-4,13H2,1H3. The Morgan fingerprint density at radius 2 is 1.96 bits per heavy atom. The molecule has 1 N–H and O–H groups in total. The predicted molar refractivity (Wildman–Crippen MR) is 99.9 cm³/mol. The summed E-state index contributed by atoms with van der Waals surface area (Å²) in [5.74, 6) is 2.56. The van der Waals surface area contributed by atoms with Gasteiger partial charge in [0.15, 0.2) is 0 Å². The molecule has 5 heteroatoms. The Kier molecular flexibility index (Phi) is 4.55. The summed E-state index contributed by atoms with van der Waals surface area (Å²) < 4.78 is 1.98. The van der Waals surface area contributed by atoms with E-state index < -0.39 is 0 Å². The zero-order valence-corrected chi connectivity index (χ0v) is 14.9. The zero-order valence-electron chi connectivity index (χ0n) is 14.2. The van der Waals surface area contributed by atoms with Gasteiger partial charge in [0.25, 0.3) is 0 Å². The molecule has 0 amide bonds. The van der Waals surface area contributed by atoms with E-state index >= 15 is 0 Å². The second-order valence-electron chi connectivity index (χ2n) is 6.62. The highest BCUT2D eigenvalue weighted by molar-refractivity contribution is 6.30. The average Bonchev–Trinajstić information content (AvgIpc) is 3.38. The van der Waals surface area contributed by atoms with E-state index in [0.29, 0.717) is 6.04 Å². The second kappa shape index (κ2) is 6.98.